The quantitative estimate of drug-likeness (QED) is 0.831. The normalized spacial score (nSPS) is 14.1. The molecule has 5 heteroatoms. The van der Waals surface area contributed by atoms with Crippen LogP contribution in [0.25, 0.3) is 0 Å². The zero-order chi connectivity index (χ0) is 16.4. The van der Waals surface area contributed by atoms with E-state index in [4.69, 9.17) is 23.2 Å². The summed E-state index contributed by atoms with van der Waals surface area (Å²) in [7, 11) is 0. The summed E-state index contributed by atoms with van der Waals surface area (Å²) in [6.07, 6.45) is 2.48. The summed E-state index contributed by atoms with van der Waals surface area (Å²) in [6.45, 7) is 4.20. The van der Waals surface area contributed by atoms with Crippen LogP contribution in [0.5, 0.6) is 0 Å². The number of amides is 1. The lowest BCUT2D eigenvalue weighted by Crippen LogP contribution is -2.18. The molecule has 1 amide bonds. The van der Waals surface area contributed by atoms with Gasteiger partial charge in [0.25, 0.3) is 5.91 Å². The van der Waals surface area contributed by atoms with Gasteiger partial charge in [-0.05, 0) is 61.7 Å². The summed E-state index contributed by atoms with van der Waals surface area (Å²) in [5, 5.41) is 3.79. The minimum absolute atomic E-state index is 0.255. The maximum Gasteiger partial charge on any atom is 0.257 e. The van der Waals surface area contributed by atoms with E-state index in [0.29, 0.717) is 15.6 Å². The van der Waals surface area contributed by atoms with Gasteiger partial charge in [0.1, 0.15) is 0 Å². The molecule has 1 heterocycles. The zero-order valence-electron chi connectivity index (χ0n) is 12.9. The number of carbonyl (C=O) groups excluding carboxylic acids is 1. The molecule has 3 rings (SSSR count). The number of hydrogen-bond acceptors (Lipinski definition) is 2. The Morgan fingerprint density at radius 1 is 1.09 bits per heavy atom. The minimum atomic E-state index is -0.255. The van der Waals surface area contributed by atoms with Crippen molar-refractivity contribution in [3.63, 3.8) is 0 Å². The van der Waals surface area contributed by atoms with Crippen molar-refractivity contribution in [2.75, 3.05) is 23.3 Å². The molecule has 0 bridgehead atoms. The van der Waals surface area contributed by atoms with Crippen molar-refractivity contribution in [1.82, 2.24) is 0 Å². The fraction of sp³-hybridized carbons (Fsp3) is 0.278. The highest BCUT2D eigenvalue weighted by atomic mass is 35.5. The molecule has 1 fully saturated rings. The van der Waals surface area contributed by atoms with E-state index >= 15 is 0 Å². The molecule has 1 N–H and O–H groups in total. The van der Waals surface area contributed by atoms with Gasteiger partial charge in [0, 0.05) is 29.5 Å². The van der Waals surface area contributed by atoms with Crippen LogP contribution in [0.15, 0.2) is 36.4 Å². The number of rotatable bonds is 3. The Bertz CT molecular complexity index is 740. The van der Waals surface area contributed by atoms with Crippen LogP contribution in [0.1, 0.15) is 28.8 Å². The average molecular weight is 349 g/mol. The third-order valence-corrected chi connectivity index (χ3v) is 4.67. The molecule has 0 radical (unpaired) electrons. The highest BCUT2D eigenvalue weighted by Crippen LogP contribution is 2.27. The van der Waals surface area contributed by atoms with E-state index in [9.17, 15) is 4.79 Å². The van der Waals surface area contributed by atoms with E-state index in [2.05, 4.69) is 16.3 Å². The van der Waals surface area contributed by atoms with E-state index in [1.807, 2.05) is 19.1 Å². The Balaban J connectivity index is 1.79. The van der Waals surface area contributed by atoms with E-state index in [1.54, 1.807) is 18.2 Å². The molecule has 0 spiro atoms. The number of carbonyl (C=O) groups is 1. The number of aryl methyl sites for hydroxylation is 1. The Hall–Kier alpha value is -1.71. The van der Waals surface area contributed by atoms with Crippen molar-refractivity contribution in [3.8, 4) is 0 Å². The van der Waals surface area contributed by atoms with Gasteiger partial charge in [-0.2, -0.15) is 0 Å². The molecule has 0 aromatic heterocycles. The van der Waals surface area contributed by atoms with E-state index in [1.165, 1.54) is 18.5 Å². The first-order valence-electron chi connectivity index (χ1n) is 7.66. The number of anilines is 2. The zero-order valence-corrected chi connectivity index (χ0v) is 14.4. The van der Waals surface area contributed by atoms with Crippen LogP contribution in [0.3, 0.4) is 0 Å². The smallest absolute Gasteiger partial charge is 0.257 e. The van der Waals surface area contributed by atoms with Crippen molar-refractivity contribution in [1.29, 1.82) is 0 Å². The van der Waals surface area contributed by atoms with E-state index < -0.39 is 0 Å². The molecule has 0 unspecified atom stereocenters. The number of halogens is 2. The SMILES string of the molecule is Cc1cc(N2CCCC2)ccc1NC(=O)c1cc(Cl)ccc1Cl. The summed E-state index contributed by atoms with van der Waals surface area (Å²) < 4.78 is 0. The largest absolute Gasteiger partial charge is 0.372 e. The molecule has 120 valence electrons. The van der Waals surface area contributed by atoms with Gasteiger partial charge in [-0.15, -0.1) is 0 Å². The van der Waals surface area contributed by atoms with Gasteiger partial charge in [-0.3, -0.25) is 4.79 Å². The van der Waals surface area contributed by atoms with Gasteiger partial charge < -0.3 is 10.2 Å². The van der Waals surface area contributed by atoms with Gasteiger partial charge in [-0.1, -0.05) is 23.2 Å². The van der Waals surface area contributed by atoms with Crippen molar-refractivity contribution in [2.24, 2.45) is 0 Å². The van der Waals surface area contributed by atoms with Crippen molar-refractivity contribution in [3.05, 3.63) is 57.6 Å². The van der Waals surface area contributed by atoms with Gasteiger partial charge >= 0.3 is 0 Å². The molecule has 2 aromatic carbocycles. The molecule has 3 nitrogen and oxygen atoms in total. The van der Waals surface area contributed by atoms with Crippen LogP contribution in [-0.4, -0.2) is 19.0 Å². The highest BCUT2D eigenvalue weighted by molar-refractivity contribution is 6.36. The summed E-state index contributed by atoms with van der Waals surface area (Å²) >= 11 is 12.0. The van der Waals surface area contributed by atoms with E-state index in [0.717, 1.165) is 24.3 Å². The van der Waals surface area contributed by atoms with Gasteiger partial charge in [0.15, 0.2) is 0 Å². The molecule has 23 heavy (non-hydrogen) atoms. The molecule has 2 aromatic rings. The molecule has 1 aliphatic rings. The summed E-state index contributed by atoms with van der Waals surface area (Å²) in [6, 6.07) is 11.0. The number of benzene rings is 2. The first-order chi connectivity index (χ1) is 11.0. The Morgan fingerprint density at radius 3 is 2.52 bits per heavy atom. The topological polar surface area (TPSA) is 32.3 Å². The average Bonchev–Trinajstić information content (AvgIpc) is 3.06. The van der Waals surface area contributed by atoms with Gasteiger partial charge in [0.2, 0.25) is 0 Å². The highest BCUT2D eigenvalue weighted by Gasteiger charge is 2.15. The summed E-state index contributed by atoms with van der Waals surface area (Å²) in [4.78, 5) is 14.8. The number of nitrogens with zero attached hydrogens (tertiary/aromatic N) is 1. The molecular weight excluding hydrogens is 331 g/mol. The maximum atomic E-state index is 12.4. The van der Waals surface area contributed by atoms with Crippen molar-refractivity contribution < 1.29 is 4.79 Å². The van der Waals surface area contributed by atoms with Crippen LogP contribution in [0.4, 0.5) is 11.4 Å². The van der Waals surface area contributed by atoms with Crippen LogP contribution in [0, 0.1) is 6.92 Å². The van der Waals surface area contributed by atoms with Crippen LogP contribution in [0.2, 0.25) is 10.0 Å². The lowest BCUT2D eigenvalue weighted by Gasteiger charge is -2.19. The lowest BCUT2D eigenvalue weighted by molar-refractivity contribution is 0.102. The van der Waals surface area contributed by atoms with Gasteiger partial charge in [0.05, 0.1) is 10.6 Å². The molecule has 1 saturated heterocycles. The second-order valence-corrected chi connectivity index (χ2v) is 6.62. The Morgan fingerprint density at radius 2 is 1.83 bits per heavy atom. The van der Waals surface area contributed by atoms with Crippen LogP contribution >= 0.6 is 23.2 Å². The third-order valence-electron chi connectivity index (χ3n) is 4.10. The Kier molecular flexibility index (Phi) is 4.79. The fourth-order valence-electron chi connectivity index (χ4n) is 2.82. The molecule has 1 aliphatic heterocycles. The lowest BCUT2D eigenvalue weighted by atomic mass is 10.1. The van der Waals surface area contributed by atoms with Crippen LogP contribution < -0.4 is 10.2 Å². The molecule has 0 atom stereocenters. The number of nitrogens with one attached hydrogen (secondary N) is 1. The van der Waals surface area contributed by atoms with E-state index in [-0.39, 0.29) is 5.91 Å². The predicted molar refractivity (Wildman–Crippen MR) is 97.0 cm³/mol. The first-order valence-corrected chi connectivity index (χ1v) is 8.42. The molecule has 0 aliphatic carbocycles. The van der Waals surface area contributed by atoms with Crippen molar-refractivity contribution >= 4 is 40.5 Å². The predicted octanol–water partition coefficient (Wildman–Crippen LogP) is 5.15. The number of hydrogen-bond donors (Lipinski definition) is 1. The summed E-state index contributed by atoms with van der Waals surface area (Å²) in [5.74, 6) is -0.255. The first kappa shape index (κ1) is 16.2. The fourth-order valence-corrected chi connectivity index (χ4v) is 3.20. The third kappa shape index (κ3) is 3.62. The van der Waals surface area contributed by atoms with Crippen LogP contribution in [-0.2, 0) is 0 Å². The minimum Gasteiger partial charge on any atom is -0.372 e. The monoisotopic (exact) mass is 348 g/mol. The maximum absolute atomic E-state index is 12.4. The van der Waals surface area contributed by atoms with Crippen molar-refractivity contribution in [2.45, 2.75) is 19.8 Å². The standard InChI is InChI=1S/C18H18Cl2N2O/c1-12-10-14(22-8-2-3-9-22)5-7-17(12)21-18(23)15-11-13(19)4-6-16(15)20/h4-7,10-11H,2-3,8-9H2,1H3,(H,21,23). The van der Waals surface area contributed by atoms with Gasteiger partial charge in [-0.25, -0.2) is 0 Å². The second kappa shape index (κ2) is 6.81. The molecular formula is C18H18Cl2N2O. The second-order valence-electron chi connectivity index (χ2n) is 5.77. The Labute approximate surface area is 146 Å². The molecule has 0 saturated carbocycles. The summed E-state index contributed by atoms with van der Waals surface area (Å²) in [5.41, 5.74) is 3.40.